The number of nitrogens with zero attached hydrogens (tertiary/aromatic N) is 2. The molecular formula is C18H11FN2O2S2. The lowest BCUT2D eigenvalue weighted by molar-refractivity contribution is -0.115. The van der Waals surface area contributed by atoms with Gasteiger partial charge in [-0.15, -0.1) is 0 Å². The largest absolute Gasteiger partial charge is 0.311 e. The molecule has 2 aliphatic heterocycles. The van der Waals surface area contributed by atoms with Gasteiger partial charge in [0.15, 0.2) is 4.32 Å². The van der Waals surface area contributed by atoms with Crippen LogP contribution >= 0.6 is 24.0 Å². The zero-order valence-electron chi connectivity index (χ0n) is 13.0. The average Bonchev–Trinajstić information content (AvgIpc) is 3.03. The number of anilines is 2. The Balaban J connectivity index is 1.87. The van der Waals surface area contributed by atoms with Crippen molar-refractivity contribution in [2.24, 2.45) is 0 Å². The summed E-state index contributed by atoms with van der Waals surface area (Å²) >= 11 is 6.31. The number of carbonyl (C=O) groups excluding carboxylic acids is 2. The van der Waals surface area contributed by atoms with Crippen molar-refractivity contribution in [3.05, 3.63) is 64.8 Å². The number of halogens is 1. The van der Waals surface area contributed by atoms with Gasteiger partial charge in [0.25, 0.3) is 11.8 Å². The third-order valence-electron chi connectivity index (χ3n) is 4.14. The molecule has 4 rings (SSSR count). The number of thioether (sulfide) groups is 1. The number of likely N-dealkylation sites (N-methyl/N-ethyl adjacent to an activating group) is 1. The standard InChI is InChI=1S/C18H11FN2O2S2/c1-20-12-8-4-2-6-10(12)14(16(20)22)15-17(23)21(18(24)25-15)13-9-5-3-7-11(13)19/h2-9H,1H3. The van der Waals surface area contributed by atoms with E-state index in [-0.39, 0.29) is 20.8 Å². The summed E-state index contributed by atoms with van der Waals surface area (Å²) in [7, 11) is 1.66. The van der Waals surface area contributed by atoms with Gasteiger partial charge in [-0.05, 0) is 18.2 Å². The molecule has 0 aromatic heterocycles. The van der Waals surface area contributed by atoms with E-state index < -0.39 is 11.7 Å². The molecule has 7 heteroatoms. The molecule has 0 atom stereocenters. The van der Waals surface area contributed by atoms with Gasteiger partial charge < -0.3 is 4.90 Å². The normalized spacial score (nSPS) is 19.8. The van der Waals surface area contributed by atoms with E-state index in [0.717, 1.165) is 22.3 Å². The van der Waals surface area contributed by atoms with E-state index in [1.807, 2.05) is 18.2 Å². The van der Waals surface area contributed by atoms with E-state index in [0.29, 0.717) is 11.1 Å². The van der Waals surface area contributed by atoms with Crippen LogP contribution in [0.4, 0.5) is 15.8 Å². The molecule has 2 aliphatic rings. The Kier molecular flexibility index (Phi) is 3.70. The molecule has 0 radical (unpaired) electrons. The van der Waals surface area contributed by atoms with E-state index in [1.54, 1.807) is 25.2 Å². The van der Waals surface area contributed by atoms with Crippen LogP contribution in [0.1, 0.15) is 5.56 Å². The first-order valence-corrected chi connectivity index (χ1v) is 8.65. The van der Waals surface area contributed by atoms with E-state index in [2.05, 4.69) is 0 Å². The van der Waals surface area contributed by atoms with Crippen LogP contribution in [0.2, 0.25) is 0 Å². The highest BCUT2D eigenvalue weighted by Gasteiger charge is 2.42. The van der Waals surface area contributed by atoms with Crippen LogP contribution in [0, 0.1) is 5.82 Å². The molecule has 4 nitrogen and oxygen atoms in total. The van der Waals surface area contributed by atoms with Gasteiger partial charge in [-0.3, -0.25) is 14.5 Å². The minimum absolute atomic E-state index is 0.0904. The first-order chi connectivity index (χ1) is 12.0. The molecule has 2 amide bonds. The summed E-state index contributed by atoms with van der Waals surface area (Å²) in [5.41, 5.74) is 1.82. The highest BCUT2D eigenvalue weighted by molar-refractivity contribution is 8.27. The number of hydrogen-bond donors (Lipinski definition) is 0. The molecule has 0 aliphatic carbocycles. The summed E-state index contributed by atoms with van der Waals surface area (Å²) < 4.78 is 14.3. The highest BCUT2D eigenvalue weighted by atomic mass is 32.2. The van der Waals surface area contributed by atoms with Crippen LogP contribution < -0.4 is 9.80 Å². The topological polar surface area (TPSA) is 40.6 Å². The Morgan fingerprint density at radius 2 is 1.60 bits per heavy atom. The third kappa shape index (κ3) is 2.31. The molecule has 0 N–H and O–H groups in total. The predicted molar refractivity (Wildman–Crippen MR) is 101 cm³/mol. The third-order valence-corrected chi connectivity index (χ3v) is 5.52. The number of benzene rings is 2. The van der Waals surface area contributed by atoms with Gasteiger partial charge in [-0.25, -0.2) is 4.39 Å². The summed E-state index contributed by atoms with van der Waals surface area (Å²) in [5, 5.41) is 0. The van der Waals surface area contributed by atoms with Gasteiger partial charge >= 0.3 is 0 Å². The molecule has 1 fully saturated rings. The van der Waals surface area contributed by atoms with Crippen LogP contribution in [0.5, 0.6) is 0 Å². The van der Waals surface area contributed by atoms with Crippen molar-refractivity contribution in [3.8, 4) is 0 Å². The Morgan fingerprint density at radius 3 is 2.32 bits per heavy atom. The fraction of sp³-hybridized carbons (Fsp3) is 0.0556. The van der Waals surface area contributed by atoms with Gasteiger partial charge in [-0.2, -0.15) is 0 Å². The monoisotopic (exact) mass is 370 g/mol. The number of carbonyl (C=O) groups is 2. The molecule has 0 bridgehead atoms. The maximum atomic E-state index is 14.1. The first-order valence-electron chi connectivity index (χ1n) is 7.43. The lowest BCUT2D eigenvalue weighted by atomic mass is 10.1. The fourth-order valence-corrected chi connectivity index (χ4v) is 4.31. The van der Waals surface area contributed by atoms with Crippen molar-refractivity contribution >= 4 is 57.1 Å². The molecule has 0 spiro atoms. The van der Waals surface area contributed by atoms with Crippen molar-refractivity contribution in [3.63, 3.8) is 0 Å². The smallest absolute Gasteiger partial charge is 0.271 e. The summed E-state index contributed by atoms with van der Waals surface area (Å²) in [6.07, 6.45) is 0. The van der Waals surface area contributed by atoms with E-state index in [9.17, 15) is 14.0 Å². The predicted octanol–water partition coefficient (Wildman–Crippen LogP) is 3.58. The van der Waals surface area contributed by atoms with Crippen molar-refractivity contribution in [1.82, 2.24) is 0 Å². The molecule has 25 heavy (non-hydrogen) atoms. The molecule has 0 saturated carbocycles. The minimum Gasteiger partial charge on any atom is -0.311 e. The summed E-state index contributed by atoms with van der Waals surface area (Å²) in [4.78, 5) is 28.5. The number of hydrogen-bond acceptors (Lipinski definition) is 4. The number of fused-ring (bicyclic) bond motifs is 1. The van der Waals surface area contributed by atoms with Crippen LogP contribution in [0.25, 0.3) is 5.57 Å². The molecule has 1 saturated heterocycles. The molecule has 2 aromatic rings. The zero-order chi connectivity index (χ0) is 17.7. The SMILES string of the molecule is CN1C(=O)C(=C2SC(=S)N(c3ccccc3F)C2=O)c2ccccc21. The van der Waals surface area contributed by atoms with Crippen LogP contribution in [0.15, 0.2) is 53.4 Å². The van der Waals surface area contributed by atoms with Gasteiger partial charge in [0.05, 0.1) is 21.9 Å². The van der Waals surface area contributed by atoms with Crippen LogP contribution in [0.3, 0.4) is 0 Å². The Bertz CT molecular complexity index is 987. The number of rotatable bonds is 1. The lowest BCUT2D eigenvalue weighted by Crippen LogP contribution is -2.29. The van der Waals surface area contributed by atoms with Crippen molar-refractivity contribution < 1.29 is 14.0 Å². The Labute approximate surface area is 152 Å². The van der Waals surface area contributed by atoms with Gasteiger partial charge in [0.1, 0.15) is 5.82 Å². The molecule has 0 unspecified atom stereocenters. The van der Waals surface area contributed by atoms with E-state index >= 15 is 0 Å². The van der Waals surface area contributed by atoms with Gasteiger partial charge in [0.2, 0.25) is 0 Å². The van der Waals surface area contributed by atoms with Gasteiger partial charge in [0, 0.05) is 12.6 Å². The second-order valence-corrected chi connectivity index (χ2v) is 7.19. The summed E-state index contributed by atoms with van der Waals surface area (Å²) in [5.74, 6) is -1.29. The van der Waals surface area contributed by atoms with Crippen LogP contribution in [-0.2, 0) is 9.59 Å². The number of amides is 2. The van der Waals surface area contributed by atoms with Crippen molar-refractivity contribution in [2.75, 3.05) is 16.8 Å². The maximum absolute atomic E-state index is 14.1. The summed E-state index contributed by atoms with van der Waals surface area (Å²) in [6.45, 7) is 0. The quantitative estimate of drug-likeness (QED) is 0.568. The van der Waals surface area contributed by atoms with Crippen molar-refractivity contribution in [1.29, 1.82) is 0 Å². The minimum atomic E-state index is -0.541. The second-order valence-electron chi connectivity index (χ2n) is 5.55. The highest BCUT2D eigenvalue weighted by Crippen LogP contribution is 2.45. The lowest BCUT2D eigenvalue weighted by Gasteiger charge is -2.15. The maximum Gasteiger partial charge on any atom is 0.271 e. The Hall–Kier alpha value is -2.51. The zero-order valence-corrected chi connectivity index (χ0v) is 14.7. The van der Waals surface area contributed by atoms with E-state index in [4.69, 9.17) is 12.2 Å². The molecule has 124 valence electrons. The first kappa shape index (κ1) is 16.0. The van der Waals surface area contributed by atoms with Crippen LogP contribution in [-0.4, -0.2) is 23.2 Å². The van der Waals surface area contributed by atoms with Gasteiger partial charge in [-0.1, -0.05) is 54.3 Å². The number of para-hydroxylation sites is 2. The van der Waals surface area contributed by atoms with Crippen molar-refractivity contribution in [2.45, 2.75) is 0 Å². The average molecular weight is 370 g/mol. The van der Waals surface area contributed by atoms with E-state index in [1.165, 1.54) is 17.0 Å². The summed E-state index contributed by atoms with van der Waals surface area (Å²) in [6, 6.07) is 13.2. The molecule has 2 heterocycles. The second kappa shape index (κ2) is 5.79. The molecule has 2 aromatic carbocycles. The number of thiocarbonyl (C=S) groups is 1. The fourth-order valence-electron chi connectivity index (χ4n) is 2.95. The Morgan fingerprint density at radius 1 is 0.960 bits per heavy atom. The molecular weight excluding hydrogens is 359 g/mol.